The van der Waals surface area contributed by atoms with Crippen LogP contribution in [-0.2, 0) is 17.6 Å². The van der Waals surface area contributed by atoms with Crippen LogP contribution in [0.15, 0.2) is 78.9 Å². The number of rotatable bonds is 14. The summed E-state index contributed by atoms with van der Waals surface area (Å²) in [7, 11) is 3.77. The van der Waals surface area contributed by atoms with Crippen LogP contribution in [0.5, 0.6) is 0 Å². The number of urea groups is 1. The van der Waals surface area contributed by atoms with Crippen LogP contribution >= 0.6 is 0 Å². The number of benzene rings is 3. The van der Waals surface area contributed by atoms with E-state index in [1.165, 1.54) is 11.0 Å². The second kappa shape index (κ2) is 15.3. The Kier molecular flexibility index (Phi) is 11.6. The van der Waals surface area contributed by atoms with E-state index in [0.717, 1.165) is 5.56 Å². The van der Waals surface area contributed by atoms with E-state index in [1.807, 2.05) is 67.5 Å². The summed E-state index contributed by atoms with van der Waals surface area (Å²) in [6, 6.07) is 22.1. The number of carbonyl (C=O) groups excluding carboxylic acids is 2. The molecule has 10 heteroatoms. The highest BCUT2D eigenvalue weighted by Gasteiger charge is 2.25. The minimum atomic E-state index is -0.977. The first-order valence-corrected chi connectivity index (χ1v) is 13.2. The van der Waals surface area contributed by atoms with Gasteiger partial charge in [0.2, 0.25) is 5.91 Å². The number of carbonyl (C=O) groups is 2. The lowest BCUT2D eigenvalue weighted by Gasteiger charge is -2.26. The molecule has 0 heterocycles. The quantitative estimate of drug-likeness (QED) is 0.210. The second-order valence-corrected chi connectivity index (χ2v) is 9.72. The van der Waals surface area contributed by atoms with Gasteiger partial charge in [-0.25, -0.2) is 4.79 Å². The zero-order chi connectivity index (χ0) is 28.9. The third-order valence-corrected chi connectivity index (χ3v) is 6.43. The van der Waals surface area contributed by atoms with Gasteiger partial charge in [-0.05, 0) is 43.3 Å². The van der Waals surface area contributed by atoms with Crippen molar-refractivity contribution in [2.45, 2.75) is 18.9 Å². The average molecular weight is 548 g/mol. The number of amides is 3. The minimum Gasteiger partial charge on any atom is -0.395 e. The number of aliphatic hydroxyl groups is 1. The van der Waals surface area contributed by atoms with E-state index >= 15 is 0 Å². The van der Waals surface area contributed by atoms with Crippen molar-refractivity contribution < 1.29 is 19.6 Å². The number of hydrogen-bond donors (Lipinski definition) is 3. The summed E-state index contributed by atoms with van der Waals surface area (Å²) in [6.07, 6.45) is 0.641. The molecule has 3 rings (SSSR count). The Labute approximate surface area is 234 Å². The number of aliphatic hydroxyl groups excluding tert-OH is 1. The number of hydrogen-bond acceptors (Lipinski definition) is 6. The van der Waals surface area contributed by atoms with Crippen LogP contribution in [0.25, 0.3) is 11.1 Å². The van der Waals surface area contributed by atoms with Crippen molar-refractivity contribution in [1.82, 2.24) is 20.4 Å². The van der Waals surface area contributed by atoms with E-state index in [1.54, 1.807) is 24.3 Å². The fourth-order valence-corrected chi connectivity index (χ4v) is 4.27. The van der Waals surface area contributed by atoms with Gasteiger partial charge >= 0.3 is 6.03 Å². The average Bonchev–Trinajstić information content (AvgIpc) is 2.95. The van der Waals surface area contributed by atoms with E-state index in [-0.39, 0.29) is 25.3 Å². The predicted molar refractivity (Wildman–Crippen MR) is 155 cm³/mol. The molecule has 3 aromatic carbocycles. The zero-order valence-corrected chi connectivity index (χ0v) is 23.0. The number of nitrogens with zero attached hydrogens (tertiary/aromatic N) is 3. The van der Waals surface area contributed by atoms with Crippen molar-refractivity contribution >= 4 is 17.6 Å². The van der Waals surface area contributed by atoms with Gasteiger partial charge in [0.05, 0.1) is 17.1 Å². The highest BCUT2D eigenvalue weighted by Crippen LogP contribution is 2.31. The molecule has 0 radical (unpaired) electrons. The first-order chi connectivity index (χ1) is 19.3. The summed E-state index contributed by atoms with van der Waals surface area (Å²) in [5.41, 5.74) is 2.69. The molecule has 0 aliphatic heterocycles. The molecular formula is C30H37N5O5. The van der Waals surface area contributed by atoms with Gasteiger partial charge in [-0.2, -0.15) is 0 Å². The maximum Gasteiger partial charge on any atom is 0.318 e. The topological polar surface area (TPSA) is 128 Å². The summed E-state index contributed by atoms with van der Waals surface area (Å²) >= 11 is 0. The molecule has 0 aliphatic rings. The molecule has 0 unspecified atom stereocenters. The lowest BCUT2D eigenvalue weighted by atomic mass is 9.98. The van der Waals surface area contributed by atoms with Gasteiger partial charge in [0.1, 0.15) is 6.04 Å². The Hall–Kier alpha value is -4.28. The van der Waals surface area contributed by atoms with Gasteiger partial charge < -0.3 is 25.5 Å². The van der Waals surface area contributed by atoms with Crippen LogP contribution in [0.2, 0.25) is 0 Å². The standard InChI is InChI=1S/C30H37N5O5/c1-33(2)18-16-31-29(37)27(32-30(38)34(19-20-36)17-15-23-9-5-3-6-10-23)21-24-13-14-26(28(22-24)35(39)40)25-11-7-4-8-12-25/h3-14,22,27,36H,15-21H2,1-2H3,(H,31,37)(H,32,38)/t27-/m0/s1. The van der Waals surface area contributed by atoms with E-state index in [9.17, 15) is 24.8 Å². The summed E-state index contributed by atoms with van der Waals surface area (Å²) in [6.45, 7) is 1.21. The van der Waals surface area contributed by atoms with Gasteiger partial charge in [-0.15, -0.1) is 0 Å². The molecule has 0 saturated heterocycles. The Morgan fingerprint density at radius 3 is 2.23 bits per heavy atom. The maximum atomic E-state index is 13.3. The number of likely N-dealkylation sites (N-methyl/N-ethyl adjacent to an activating group) is 1. The Balaban J connectivity index is 1.81. The maximum absolute atomic E-state index is 13.3. The van der Waals surface area contributed by atoms with Crippen LogP contribution < -0.4 is 10.6 Å². The lowest BCUT2D eigenvalue weighted by molar-refractivity contribution is -0.384. The molecule has 0 aromatic heterocycles. The third-order valence-electron chi connectivity index (χ3n) is 6.43. The van der Waals surface area contributed by atoms with Crippen LogP contribution in [-0.4, -0.2) is 84.7 Å². The van der Waals surface area contributed by atoms with E-state index in [4.69, 9.17) is 0 Å². The molecule has 0 bridgehead atoms. The molecule has 0 aliphatic carbocycles. The molecule has 212 valence electrons. The zero-order valence-electron chi connectivity index (χ0n) is 23.0. The highest BCUT2D eigenvalue weighted by atomic mass is 16.6. The monoisotopic (exact) mass is 547 g/mol. The van der Waals surface area contributed by atoms with Crippen molar-refractivity contribution in [2.75, 3.05) is 46.9 Å². The molecule has 1 atom stereocenters. The van der Waals surface area contributed by atoms with E-state index < -0.39 is 22.9 Å². The highest BCUT2D eigenvalue weighted by molar-refractivity contribution is 5.87. The fourth-order valence-electron chi connectivity index (χ4n) is 4.27. The van der Waals surface area contributed by atoms with Crippen molar-refractivity contribution in [3.8, 4) is 11.1 Å². The van der Waals surface area contributed by atoms with Crippen molar-refractivity contribution in [3.05, 3.63) is 100 Å². The van der Waals surface area contributed by atoms with Gasteiger partial charge in [0.15, 0.2) is 0 Å². The number of nitro groups is 1. The Morgan fingerprint density at radius 2 is 1.60 bits per heavy atom. The van der Waals surface area contributed by atoms with Crippen LogP contribution in [0.3, 0.4) is 0 Å². The SMILES string of the molecule is CN(C)CCNC(=O)[C@H](Cc1ccc(-c2ccccc2)c([N+](=O)[O-])c1)NC(=O)N(CCO)CCc1ccccc1. The molecule has 0 fully saturated rings. The Morgan fingerprint density at radius 1 is 0.925 bits per heavy atom. The van der Waals surface area contributed by atoms with Gasteiger partial charge in [0.25, 0.3) is 5.69 Å². The molecule has 3 aromatic rings. The number of nitro benzene ring substituents is 1. The lowest BCUT2D eigenvalue weighted by Crippen LogP contribution is -2.53. The van der Waals surface area contributed by atoms with Crippen molar-refractivity contribution in [2.24, 2.45) is 0 Å². The normalized spacial score (nSPS) is 11.6. The molecule has 10 nitrogen and oxygen atoms in total. The largest absolute Gasteiger partial charge is 0.395 e. The predicted octanol–water partition coefficient (Wildman–Crippen LogP) is 3.10. The second-order valence-electron chi connectivity index (χ2n) is 9.72. The summed E-state index contributed by atoms with van der Waals surface area (Å²) in [5, 5.41) is 27.1. The van der Waals surface area contributed by atoms with Gasteiger partial charge in [-0.1, -0.05) is 66.7 Å². The van der Waals surface area contributed by atoms with Gasteiger partial charge in [0, 0.05) is 38.7 Å². The summed E-state index contributed by atoms with van der Waals surface area (Å²) < 4.78 is 0. The third kappa shape index (κ3) is 9.18. The van der Waals surface area contributed by atoms with Crippen LogP contribution in [0, 0.1) is 10.1 Å². The van der Waals surface area contributed by atoms with Crippen molar-refractivity contribution in [3.63, 3.8) is 0 Å². The molecule has 3 N–H and O–H groups in total. The molecule has 3 amide bonds. The van der Waals surface area contributed by atoms with Crippen LogP contribution in [0.1, 0.15) is 11.1 Å². The first-order valence-electron chi connectivity index (χ1n) is 13.2. The summed E-state index contributed by atoms with van der Waals surface area (Å²) in [5.74, 6) is -0.392. The number of nitrogens with one attached hydrogen (secondary N) is 2. The van der Waals surface area contributed by atoms with Gasteiger partial charge in [-0.3, -0.25) is 14.9 Å². The molecular weight excluding hydrogens is 510 g/mol. The molecule has 0 saturated carbocycles. The van der Waals surface area contributed by atoms with Crippen LogP contribution in [0.4, 0.5) is 10.5 Å². The minimum absolute atomic E-state index is 0.0566. The fraction of sp³-hybridized carbons (Fsp3) is 0.333. The van der Waals surface area contributed by atoms with Crippen molar-refractivity contribution in [1.29, 1.82) is 0 Å². The Bertz CT molecular complexity index is 1250. The van der Waals surface area contributed by atoms with E-state index in [2.05, 4.69) is 10.6 Å². The smallest absolute Gasteiger partial charge is 0.318 e. The summed E-state index contributed by atoms with van der Waals surface area (Å²) in [4.78, 5) is 41.3. The molecule has 40 heavy (non-hydrogen) atoms. The van der Waals surface area contributed by atoms with E-state index in [0.29, 0.717) is 42.7 Å². The molecule has 0 spiro atoms. The first kappa shape index (κ1) is 30.3.